The van der Waals surface area contributed by atoms with Crippen LogP contribution in [0.5, 0.6) is 0 Å². The van der Waals surface area contributed by atoms with Gasteiger partial charge in [0.25, 0.3) is 11.1 Å². The molecule has 152 valence electrons. The van der Waals surface area contributed by atoms with Crippen molar-refractivity contribution in [3.8, 4) is 5.69 Å². The van der Waals surface area contributed by atoms with E-state index in [-0.39, 0.29) is 11.1 Å². The lowest BCUT2D eigenvalue weighted by Crippen LogP contribution is -2.22. The lowest BCUT2D eigenvalue weighted by atomic mass is 10.1. The molecular weight excluding hydrogens is 418 g/mol. The Morgan fingerprint density at radius 1 is 1.07 bits per heavy atom. The summed E-state index contributed by atoms with van der Waals surface area (Å²) in [7, 11) is 1.71. The minimum atomic E-state index is -0.142. The average Bonchev–Trinajstić information content (AvgIpc) is 2.71. The van der Waals surface area contributed by atoms with E-state index in [2.05, 4.69) is 0 Å². The largest absolute Gasteiger partial charge is 0.319 e. The molecule has 4 aromatic rings. The molecule has 0 bridgehead atoms. The monoisotopic (exact) mass is 437 g/mol. The highest BCUT2D eigenvalue weighted by Gasteiger charge is 2.16. The molecule has 0 N–H and O–H groups in total. The zero-order chi connectivity index (χ0) is 21.4. The minimum absolute atomic E-state index is 0.0710. The van der Waals surface area contributed by atoms with E-state index in [1.165, 1.54) is 16.3 Å². The van der Waals surface area contributed by atoms with Crippen LogP contribution < -0.4 is 11.1 Å². The third-order valence-corrected chi connectivity index (χ3v) is 6.40. The lowest BCUT2D eigenvalue weighted by molar-refractivity contribution is 0.812. The molecular formula is C23H20ClN3O2S. The number of benzene rings is 2. The van der Waals surface area contributed by atoms with Gasteiger partial charge in [-0.15, -0.1) is 0 Å². The van der Waals surface area contributed by atoms with Crippen molar-refractivity contribution in [3.63, 3.8) is 0 Å². The lowest BCUT2D eigenvalue weighted by Gasteiger charge is -2.16. The van der Waals surface area contributed by atoms with Gasteiger partial charge in [0, 0.05) is 30.1 Å². The summed E-state index contributed by atoms with van der Waals surface area (Å²) in [5, 5.41) is 1.60. The van der Waals surface area contributed by atoms with Crippen molar-refractivity contribution in [3.05, 3.63) is 97.1 Å². The normalized spacial score (nSPS) is 11.2. The molecule has 0 aliphatic heterocycles. The van der Waals surface area contributed by atoms with Crippen molar-refractivity contribution in [2.24, 2.45) is 7.05 Å². The first-order valence-corrected chi connectivity index (χ1v) is 10.8. The number of fused-ring (bicyclic) bond motifs is 1. The Labute approximate surface area is 183 Å². The average molecular weight is 438 g/mol. The van der Waals surface area contributed by atoms with E-state index in [0.717, 1.165) is 22.4 Å². The van der Waals surface area contributed by atoms with E-state index in [1.807, 2.05) is 38.1 Å². The summed E-state index contributed by atoms with van der Waals surface area (Å²) in [6.45, 7) is 4.02. The van der Waals surface area contributed by atoms with Gasteiger partial charge in [0.2, 0.25) is 0 Å². The number of nitrogens with zero attached hydrogens (tertiary/aromatic N) is 3. The number of halogens is 1. The van der Waals surface area contributed by atoms with Crippen molar-refractivity contribution in [2.75, 3.05) is 0 Å². The standard InChI is InChI=1S/C23H20ClN3O2S/c1-14-5-4-6-20(15(14)2)27-22(29)18-8-7-17(24)12-19(18)25-23(27)30-13-16-9-10-26(3)21(28)11-16/h4-12H,13H2,1-3H3. The predicted octanol–water partition coefficient (Wildman–Crippen LogP) is 4.65. The van der Waals surface area contributed by atoms with Gasteiger partial charge >= 0.3 is 0 Å². The van der Waals surface area contributed by atoms with E-state index in [1.54, 1.807) is 42.1 Å². The van der Waals surface area contributed by atoms with E-state index < -0.39 is 0 Å². The van der Waals surface area contributed by atoms with Gasteiger partial charge in [-0.25, -0.2) is 4.98 Å². The first-order chi connectivity index (χ1) is 14.3. The molecule has 2 heterocycles. The van der Waals surface area contributed by atoms with Gasteiger partial charge in [0.05, 0.1) is 16.6 Å². The van der Waals surface area contributed by atoms with Crippen LogP contribution in [0.2, 0.25) is 5.02 Å². The second-order valence-electron chi connectivity index (χ2n) is 7.19. The highest BCUT2D eigenvalue weighted by Crippen LogP contribution is 2.27. The van der Waals surface area contributed by atoms with Gasteiger partial charge in [0.15, 0.2) is 5.16 Å². The van der Waals surface area contributed by atoms with Crippen molar-refractivity contribution in [1.29, 1.82) is 0 Å². The van der Waals surface area contributed by atoms with Gasteiger partial charge in [0.1, 0.15) is 0 Å². The molecule has 0 aliphatic carbocycles. The van der Waals surface area contributed by atoms with E-state index in [4.69, 9.17) is 16.6 Å². The van der Waals surface area contributed by atoms with Crippen LogP contribution in [0.1, 0.15) is 16.7 Å². The predicted molar refractivity (Wildman–Crippen MR) is 123 cm³/mol. The van der Waals surface area contributed by atoms with Gasteiger partial charge in [-0.05, 0) is 60.9 Å². The summed E-state index contributed by atoms with van der Waals surface area (Å²) in [5.74, 6) is 0.513. The van der Waals surface area contributed by atoms with Gasteiger partial charge < -0.3 is 4.57 Å². The molecule has 0 saturated carbocycles. The van der Waals surface area contributed by atoms with Gasteiger partial charge in [-0.2, -0.15) is 0 Å². The number of pyridine rings is 1. The Hall–Kier alpha value is -2.83. The van der Waals surface area contributed by atoms with Crippen molar-refractivity contribution in [2.45, 2.75) is 24.8 Å². The van der Waals surface area contributed by atoms with E-state index in [9.17, 15) is 9.59 Å². The number of aryl methyl sites for hydroxylation is 2. The summed E-state index contributed by atoms with van der Waals surface area (Å²) in [6.07, 6.45) is 1.74. The third kappa shape index (κ3) is 3.80. The Morgan fingerprint density at radius 2 is 1.87 bits per heavy atom. The van der Waals surface area contributed by atoms with Crippen LogP contribution >= 0.6 is 23.4 Å². The fraction of sp³-hybridized carbons (Fsp3) is 0.174. The Bertz CT molecular complexity index is 1390. The van der Waals surface area contributed by atoms with Crippen LogP contribution in [-0.4, -0.2) is 14.1 Å². The van der Waals surface area contributed by atoms with Crippen LogP contribution in [0, 0.1) is 13.8 Å². The maximum absolute atomic E-state index is 13.4. The van der Waals surface area contributed by atoms with Crippen LogP contribution in [0.4, 0.5) is 0 Å². The summed E-state index contributed by atoms with van der Waals surface area (Å²) < 4.78 is 3.18. The van der Waals surface area contributed by atoms with Crippen LogP contribution in [0.25, 0.3) is 16.6 Å². The maximum atomic E-state index is 13.4. The molecule has 0 aliphatic rings. The molecule has 7 heteroatoms. The molecule has 0 amide bonds. The first kappa shape index (κ1) is 20.4. The van der Waals surface area contributed by atoms with Crippen LogP contribution in [0.3, 0.4) is 0 Å². The minimum Gasteiger partial charge on any atom is -0.319 e. The molecule has 0 atom stereocenters. The fourth-order valence-electron chi connectivity index (χ4n) is 3.25. The molecule has 4 rings (SSSR count). The topological polar surface area (TPSA) is 56.9 Å². The van der Waals surface area contributed by atoms with Crippen molar-refractivity contribution >= 4 is 34.3 Å². The van der Waals surface area contributed by atoms with Gasteiger partial charge in [-0.1, -0.05) is 35.5 Å². The number of thioether (sulfide) groups is 1. The van der Waals surface area contributed by atoms with Crippen molar-refractivity contribution < 1.29 is 0 Å². The molecule has 0 saturated heterocycles. The smallest absolute Gasteiger partial charge is 0.266 e. The second-order valence-corrected chi connectivity index (χ2v) is 8.57. The first-order valence-electron chi connectivity index (χ1n) is 9.42. The molecule has 5 nitrogen and oxygen atoms in total. The maximum Gasteiger partial charge on any atom is 0.266 e. The highest BCUT2D eigenvalue weighted by atomic mass is 35.5. The molecule has 0 fully saturated rings. The molecule has 0 radical (unpaired) electrons. The Morgan fingerprint density at radius 3 is 2.63 bits per heavy atom. The highest BCUT2D eigenvalue weighted by molar-refractivity contribution is 7.98. The van der Waals surface area contributed by atoms with E-state index >= 15 is 0 Å². The number of hydrogen-bond acceptors (Lipinski definition) is 4. The summed E-state index contributed by atoms with van der Waals surface area (Å²) in [4.78, 5) is 30.2. The molecule has 30 heavy (non-hydrogen) atoms. The Kier molecular flexibility index (Phi) is 5.54. The third-order valence-electron chi connectivity index (χ3n) is 5.15. The summed E-state index contributed by atoms with van der Waals surface area (Å²) in [6, 6.07) is 14.5. The molecule has 2 aromatic heterocycles. The van der Waals surface area contributed by atoms with Gasteiger partial charge in [-0.3, -0.25) is 14.2 Å². The van der Waals surface area contributed by atoms with Crippen molar-refractivity contribution in [1.82, 2.24) is 14.1 Å². The van der Waals surface area contributed by atoms with Crippen LogP contribution in [-0.2, 0) is 12.8 Å². The van der Waals surface area contributed by atoms with Crippen LogP contribution in [0.15, 0.2) is 69.5 Å². The zero-order valence-electron chi connectivity index (χ0n) is 16.8. The second kappa shape index (κ2) is 8.13. The zero-order valence-corrected chi connectivity index (χ0v) is 18.4. The summed E-state index contributed by atoms with van der Waals surface area (Å²) >= 11 is 7.56. The number of hydrogen-bond donors (Lipinski definition) is 0. The molecule has 0 spiro atoms. The molecule has 2 aromatic carbocycles. The quantitative estimate of drug-likeness (QED) is 0.344. The Balaban J connectivity index is 1.89. The molecule has 0 unspecified atom stereocenters. The number of rotatable bonds is 4. The summed E-state index contributed by atoms with van der Waals surface area (Å²) in [5.41, 5.74) is 4.13. The van der Waals surface area contributed by atoms with E-state index in [0.29, 0.717) is 26.8 Å². The SMILES string of the molecule is Cc1cccc(-n2c(SCc3ccn(C)c(=O)c3)nc3cc(Cl)ccc3c2=O)c1C. The number of aromatic nitrogens is 3. The fourth-order valence-corrected chi connectivity index (χ4v) is 4.37.